The minimum atomic E-state index is -0.0827. The summed E-state index contributed by atoms with van der Waals surface area (Å²) in [6, 6.07) is 22.1. The van der Waals surface area contributed by atoms with Gasteiger partial charge in [-0.2, -0.15) is 0 Å². The van der Waals surface area contributed by atoms with Crippen molar-refractivity contribution in [1.29, 1.82) is 0 Å². The average molecular weight is 433 g/mol. The first-order valence-electron chi connectivity index (χ1n) is 10.2. The maximum atomic E-state index is 12.5. The van der Waals surface area contributed by atoms with Crippen LogP contribution in [0.3, 0.4) is 0 Å². The summed E-state index contributed by atoms with van der Waals surface area (Å²) in [5.74, 6) is 1.55. The molecule has 1 atom stereocenters. The highest BCUT2D eigenvalue weighted by molar-refractivity contribution is 7.99. The number of carbonyl (C=O) groups is 1. The van der Waals surface area contributed by atoms with E-state index < -0.39 is 0 Å². The lowest BCUT2D eigenvalue weighted by atomic mass is 10.0. The Morgan fingerprint density at radius 2 is 1.77 bits per heavy atom. The number of rotatable bonds is 8. The number of aromatic nitrogens is 3. The molecule has 0 spiro atoms. The molecule has 2 aromatic heterocycles. The van der Waals surface area contributed by atoms with Crippen LogP contribution in [0.1, 0.15) is 25.5 Å². The van der Waals surface area contributed by atoms with Gasteiger partial charge in [-0.05, 0) is 42.7 Å². The molecule has 0 bridgehead atoms. The van der Waals surface area contributed by atoms with Crippen LogP contribution in [-0.4, -0.2) is 26.4 Å². The third-order valence-corrected chi connectivity index (χ3v) is 5.97. The highest BCUT2D eigenvalue weighted by Gasteiger charge is 2.17. The van der Waals surface area contributed by atoms with Crippen molar-refractivity contribution in [2.24, 2.45) is 0 Å². The molecule has 0 aliphatic heterocycles. The summed E-state index contributed by atoms with van der Waals surface area (Å²) in [6.07, 6.45) is 1.61. The molecule has 4 rings (SSSR count). The van der Waals surface area contributed by atoms with Gasteiger partial charge < -0.3 is 9.73 Å². The zero-order chi connectivity index (χ0) is 21.6. The topological polar surface area (TPSA) is 73.0 Å². The van der Waals surface area contributed by atoms with Crippen molar-refractivity contribution in [3.8, 4) is 22.7 Å². The molecule has 0 saturated heterocycles. The summed E-state index contributed by atoms with van der Waals surface area (Å²) in [5, 5.41) is 12.2. The average Bonchev–Trinajstić information content (AvgIpc) is 3.48. The van der Waals surface area contributed by atoms with Crippen LogP contribution in [0.4, 0.5) is 0 Å². The summed E-state index contributed by atoms with van der Waals surface area (Å²) in [6.45, 7) is 4.70. The van der Waals surface area contributed by atoms with Crippen molar-refractivity contribution >= 4 is 17.7 Å². The molecule has 1 unspecified atom stereocenters. The summed E-state index contributed by atoms with van der Waals surface area (Å²) in [7, 11) is 0. The summed E-state index contributed by atoms with van der Waals surface area (Å²) in [4.78, 5) is 12.5. The SMILES string of the molecule is CCn1c(SCC(=O)NC(C)c2ccc(-c3ccccc3)cc2)nnc1-c1ccco1. The largest absolute Gasteiger partial charge is 0.461 e. The van der Waals surface area contributed by atoms with Gasteiger partial charge in [0.2, 0.25) is 5.91 Å². The van der Waals surface area contributed by atoms with E-state index in [1.165, 1.54) is 17.3 Å². The lowest BCUT2D eigenvalue weighted by Gasteiger charge is -2.15. The Hall–Kier alpha value is -3.32. The number of hydrogen-bond donors (Lipinski definition) is 1. The first kappa shape index (κ1) is 20.9. The number of furan rings is 1. The fraction of sp³-hybridized carbons (Fsp3) is 0.208. The van der Waals surface area contributed by atoms with Crippen molar-refractivity contribution in [3.05, 3.63) is 78.6 Å². The van der Waals surface area contributed by atoms with E-state index in [1.807, 2.05) is 48.7 Å². The zero-order valence-corrected chi connectivity index (χ0v) is 18.3. The van der Waals surface area contributed by atoms with Gasteiger partial charge in [0.25, 0.3) is 0 Å². The van der Waals surface area contributed by atoms with Gasteiger partial charge in [-0.15, -0.1) is 10.2 Å². The van der Waals surface area contributed by atoms with Crippen molar-refractivity contribution in [2.75, 3.05) is 5.75 Å². The van der Waals surface area contributed by atoms with Crippen LogP contribution in [0.5, 0.6) is 0 Å². The summed E-state index contributed by atoms with van der Waals surface area (Å²) < 4.78 is 7.37. The van der Waals surface area contributed by atoms with E-state index in [9.17, 15) is 4.79 Å². The standard InChI is InChI=1S/C24H24N4O2S/c1-3-28-23(21-10-7-15-30-21)26-27-24(28)31-16-22(29)25-17(2)18-11-13-20(14-12-18)19-8-5-4-6-9-19/h4-15,17H,3,16H2,1-2H3,(H,25,29). The monoisotopic (exact) mass is 432 g/mol. The lowest BCUT2D eigenvalue weighted by Crippen LogP contribution is -2.28. The van der Waals surface area contributed by atoms with Crippen LogP contribution in [0.15, 0.2) is 82.6 Å². The molecule has 0 aliphatic carbocycles. The van der Waals surface area contributed by atoms with Crippen LogP contribution in [0.25, 0.3) is 22.7 Å². The van der Waals surface area contributed by atoms with Gasteiger partial charge in [0.15, 0.2) is 16.7 Å². The van der Waals surface area contributed by atoms with Crippen molar-refractivity contribution in [2.45, 2.75) is 31.6 Å². The van der Waals surface area contributed by atoms with Gasteiger partial charge in [-0.3, -0.25) is 9.36 Å². The predicted octanol–water partition coefficient (Wildman–Crippen LogP) is 5.19. The molecule has 0 radical (unpaired) electrons. The molecule has 7 heteroatoms. The van der Waals surface area contributed by atoms with Crippen molar-refractivity contribution < 1.29 is 9.21 Å². The maximum absolute atomic E-state index is 12.5. The second-order valence-electron chi connectivity index (χ2n) is 7.09. The number of nitrogens with zero attached hydrogens (tertiary/aromatic N) is 3. The van der Waals surface area contributed by atoms with Gasteiger partial charge in [0.05, 0.1) is 18.1 Å². The normalized spacial score (nSPS) is 11.9. The number of thioether (sulfide) groups is 1. The van der Waals surface area contributed by atoms with E-state index in [-0.39, 0.29) is 17.7 Å². The Bertz CT molecular complexity index is 1120. The summed E-state index contributed by atoms with van der Waals surface area (Å²) in [5.41, 5.74) is 3.40. The molecular weight excluding hydrogens is 408 g/mol. The molecule has 0 aliphatic rings. The minimum absolute atomic E-state index is 0.0464. The Kier molecular flexibility index (Phi) is 6.52. The molecule has 0 saturated carbocycles. The van der Waals surface area contributed by atoms with E-state index in [0.29, 0.717) is 23.3 Å². The maximum Gasteiger partial charge on any atom is 0.230 e. The Balaban J connectivity index is 1.35. The van der Waals surface area contributed by atoms with Crippen molar-refractivity contribution in [1.82, 2.24) is 20.1 Å². The number of amides is 1. The first-order valence-corrected chi connectivity index (χ1v) is 11.2. The third-order valence-electron chi connectivity index (χ3n) is 5.00. The minimum Gasteiger partial charge on any atom is -0.461 e. The smallest absolute Gasteiger partial charge is 0.230 e. The van der Waals surface area contributed by atoms with E-state index >= 15 is 0 Å². The van der Waals surface area contributed by atoms with Crippen LogP contribution in [0.2, 0.25) is 0 Å². The molecule has 4 aromatic rings. The highest BCUT2D eigenvalue weighted by atomic mass is 32.2. The van der Waals surface area contributed by atoms with Gasteiger partial charge >= 0.3 is 0 Å². The first-order chi connectivity index (χ1) is 15.2. The second kappa shape index (κ2) is 9.66. The van der Waals surface area contributed by atoms with E-state index in [0.717, 1.165) is 11.1 Å². The Morgan fingerprint density at radius 3 is 2.45 bits per heavy atom. The van der Waals surface area contributed by atoms with Crippen LogP contribution < -0.4 is 5.32 Å². The van der Waals surface area contributed by atoms with E-state index in [4.69, 9.17) is 4.42 Å². The molecule has 158 valence electrons. The quantitative estimate of drug-likeness (QED) is 0.388. The van der Waals surface area contributed by atoms with Crippen LogP contribution in [0, 0.1) is 0 Å². The molecule has 1 N–H and O–H groups in total. The number of hydrogen-bond acceptors (Lipinski definition) is 5. The van der Waals surface area contributed by atoms with Crippen LogP contribution >= 0.6 is 11.8 Å². The van der Waals surface area contributed by atoms with E-state index in [1.54, 1.807) is 6.26 Å². The fourth-order valence-corrected chi connectivity index (χ4v) is 4.17. The molecular formula is C24H24N4O2S. The second-order valence-corrected chi connectivity index (χ2v) is 8.04. The van der Waals surface area contributed by atoms with Crippen molar-refractivity contribution in [3.63, 3.8) is 0 Å². The predicted molar refractivity (Wildman–Crippen MR) is 123 cm³/mol. The molecule has 1 amide bonds. The van der Waals surface area contributed by atoms with Gasteiger partial charge in [0, 0.05) is 6.54 Å². The Morgan fingerprint density at radius 1 is 1.03 bits per heavy atom. The number of benzene rings is 2. The molecule has 31 heavy (non-hydrogen) atoms. The summed E-state index contributed by atoms with van der Waals surface area (Å²) >= 11 is 1.37. The lowest BCUT2D eigenvalue weighted by molar-refractivity contribution is -0.119. The Labute approximate surface area is 185 Å². The molecule has 6 nitrogen and oxygen atoms in total. The molecule has 2 heterocycles. The van der Waals surface area contributed by atoms with Crippen LogP contribution in [-0.2, 0) is 11.3 Å². The highest BCUT2D eigenvalue weighted by Crippen LogP contribution is 2.25. The number of carbonyl (C=O) groups excluding carboxylic acids is 1. The molecule has 0 fully saturated rings. The van der Waals surface area contributed by atoms with Gasteiger partial charge in [-0.1, -0.05) is 66.4 Å². The molecule has 2 aromatic carbocycles. The van der Waals surface area contributed by atoms with Gasteiger partial charge in [0.1, 0.15) is 0 Å². The van der Waals surface area contributed by atoms with E-state index in [2.05, 4.69) is 51.9 Å². The third kappa shape index (κ3) is 4.88. The fourth-order valence-electron chi connectivity index (χ4n) is 3.36. The number of nitrogens with one attached hydrogen (secondary N) is 1. The zero-order valence-electron chi connectivity index (χ0n) is 17.5. The van der Waals surface area contributed by atoms with Gasteiger partial charge in [-0.25, -0.2) is 0 Å².